The first-order valence-electron chi connectivity index (χ1n) is 3.83. The van der Waals surface area contributed by atoms with E-state index in [1.807, 2.05) is 12.1 Å². The minimum atomic E-state index is 0.655. The van der Waals surface area contributed by atoms with Gasteiger partial charge in [0.05, 0.1) is 12.1 Å². The fourth-order valence-corrected chi connectivity index (χ4v) is 0.779. The first kappa shape index (κ1) is 9.72. The molecule has 0 amide bonds. The van der Waals surface area contributed by atoms with Gasteiger partial charge in [-0.3, -0.25) is 0 Å². The zero-order chi connectivity index (χ0) is 8.36. The minimum absolute atomic E-state index is 0.655. The molecule has 58 valence electrons. The summed E-state index contributed by atoms with van der Waals surface area (Å²) in [5.41, 5.74) is 0. The van der Waals surface area contributed by atoms with Crippen LogP contribution >= 0.6 is 0 Å². The van der Waals surface area contributed by atoms with Crippen molar-refractivity contribution in [3.8, 4) is 12.1 Å². The Balaban J connectivity index is 2.99. The highest BCUT2D eigenvalue weighted by Gasteiger charge is 1.85. The second kappa shape index (κ2) is 8.72. The third-order valence-electron chi connectivity index (χ3n) is 1.35. The van der Waals surface area contributed by atoms with Crippen molar-refractivity contribution in [2.24, 2.45) is 0 Å². The van der Waals surface area contributed by atoms with Gasteiger partial charge < -0.3 is 0 Å². The predicted molar refractivity (Wildman–Crippen MR) is 43.5 cm³/mol. The summed E-state index contributed by atoms with van der Waals surface area (Å²) in [6.45, 7) is 0. The number of nitrogens with zero attached hydrogens (tertiary/aromatic N) is 2. The number of allylic oxidation sites excluding steroid dienone is 2. The summed E-state index contributed by atoms with van der Waals surface area (Å²) in [6.07, 6.45) is 8.14. The van der Waals surface area contributed by atoms with Crippen LogP contribution in [-0.4, -0.2) is 0 Å². The lowest BCUT2D eigenvalue weighted by Crippen LogP contribution is -1.74. The Morgan fingerprint density at radius 2 is 1.91 bits per heavy atom. The van der Waals surface area contributed by atoms with Gasteiger partial charge in [0.1, 0.15) is 0 Å². The van der Waals surface area contributed by atoms with Crippen LogP contribution in [0, 0.1) is 22.7 Å². The lowest BCUT2D eigenvalue weighted by Gasteiger charge is -1.91. The Morgan fingerprint density at radius 3 is 2.55 bits per heavy atom. The van der Waals surface area contributed by atoms with E-state index in [1.165, 1.54) is 6.08 Å². The van der Waals surface area contributed by atoms with Crippen molar-refractivity contribution in [2.45, 2.75) is 32.1 Å². The van der Waals surface area contributed by atoms with Crippen LogP contribution in [0.2, 0.25) is 0 Å². The van der Waals surface area contributed by atoms with Gasteiger partial charge in [-0.2, -0.15) is 10.5 Å². The van der Waals surface area contributed by atoms with Crippen LogP contribution in [0.1, 0.15) is 32.1 Å². The van der Waals surface area contributed by atoms with Crippen LogP contribution in [0.3, 0.4) is 0 Å². The fourth-order valence-electron chi connectivity index (χ4n) is 0.779. The molecule has 0 saturated carbocycles. The maximum Gasteiger partial charge on any atom is 0.0908 e. The lowest BCUT2D eigenvalue weighted by atomic mass is 10.1. The van der Waals surface area contributed by atoms with Crippen molar-refractivity contribution in [3.05, 3.63) is 12.2 Å². The molecule has 0 fully saturated rings. The highest BCUT2D eigenvalue weighted by molar-refractivity contribution is 5.01. The summed E-state index contributed by atoms with van der Waals surface area (Å²) in [5, 5.41) is 16.3. The van der Waals surface area contributed by atoms with Crippen LogP contribution in [0.15, 0.2) is 12.2 Å². The van der Waals surface area contributed by atoms with E-state index in [4.69, 9.17) is 10.5 Å². The molecule has 0 aliphatic rings. The molecule has 0 atom stereocenters. The molecule has 0 aliphatic carbocycles. The second-order valence-corrected chi connectivity index (χ2v) is 2.29. The zero-order valence-corrected chi connectivity index (χ0v) is 6.58. The molecule has 0 saturated heterocycles. The highest BCUT2D eigenvalue weighted by Crippen LogP contribution is 2.02. The topological polar surface area (TPSA) is 47.6 Å². The van der Waals surface area contributed by atoms with Crippen LogP contribution in [0.5, 0.6) is 0 Å². The maximum absolute atomic E-state index is 8.20. The molecule has 0 aromatic heterocycles. The van der Waals surface area contributed by atoms with E-state index in [0.717, 1.165) is 25.7 Å². The molecule has 2 nitrogen and oxygen atoms in total. The van der Waals surface area contributed by atoms with E-state index in [1.54, 1.807) is 0 Å². The van der Waals surface area contributed by atoms with Gasteiger partial charge in [0.25, 0.3) is 0 Å². The molecular weight excluding hydrogens is 136 g/mol. The summed E-state index contributed by atoms with van der Waals surface area (Å²) in [5.74, 6) is 0. The largest absolute Gasteiger partial charge is 0.198 e. The van der Waals surface area contributed by atoms with Crippen LogP contribution in [-0.2, 0) is 0 Å². The molecule has 0 aromatic carbocycles. The Hall–Kier alpha value is -1.28. The monoisotopic (exact) mass is 148 g/mol. The summed E-state index contributed by atoms with van der Waals surface area (Å²) in [4.78, 5) is 0. The third kappa shape index (κ3) is 8.72. The molecule has 0 radical (unpaired) electrons. The van der Waals surface area contributed by atoms with Gasteiger partial charge in [0.15, 0.2) is 0 Å². The Morgan fingerprint density at radius 1 is 1.09 bits per heavy atom. The summed E-state index contributed by atoms with van der Waals surface area (Å²) >= 11 is 0. The molecule has 0 aliphatic heterocycles. The smallest absolute Gasteiger partial charge is 0.0908 e. The number of nitriles is 2. The van der Waals surface area contributed by atoms with Crippen molar-refractivity contribution < 1.29 is 0 Å². The minimum Gasteiger partial charge on any atom is -0.198 e. The SMILES string of the molecule is N#CC=CCCCCCC#N. The fraction of sp³-hybridized carbons (Fsp3) is 0.556. The number of rotatable bonds is 5. The first-order valence-corrected chi connectivity index (χ1v) is 3.83. The summed E-state index contributed by atoms with van der Waals surface area (Å²) < 4.78 is 0. The van der Waals surface area contributed by atoms with E-state index < -0.39 is 0 Å². The summed E-state index contributed by atoms with van der Waals surface area (Å²) in [7, 11) is 0. The van der Waals surface area contributed by atoms with Crippen molar-refractivity contribution >= 4 is 0 Å². The maximum atomic E-state index is 8.20. The van der Waals surface area contributed by atoms with Crippen molar-refractivity contribution in [1.82, 2.24) is 0 Å². The lowest BCUT2D eigenvalue weighted by molar-refractivity contribution is 0.700. The quantitative estimate of drug-likeness (QED) is 0.444. The van der Waals surface area contributed by atoms with Crippen molar-refractivity contribution in [3.63, 3.8) is 0 Å². The molecule has 0 aromatic rings. The Labute approximate surface area is 67.8 Å². The molecule has 0 N–H and O–H groups in total. The molecule has 11 heavy (non-hydrogen) atoms. The Kier molecular flexibility index (Phi) is 7.71. The van der Waals surface area contributed by atoms with Crippen molar-refractivity contribution in [2.75, 3.05) is 0 Å². The van der Waals surface area contributed by atoms with Crippen LogP contribution in [0.4, 0.5) is 0 Å². The average Bonchev–Trinajstić information content (AvgIpc) is 2.03. The van der Waals surface area contributed by atoms with E-state index in [9.17, 15) is 0 Å². The van der Waals surface area contributed by atoms with Crippen molar-refractivity contribution in [1.29, 1.82) is 10.5 Å². The van der Waals surface area contributed by atoms with E-state index >= 15 is 0 Å². The molecular formula is C9H12N2. The molecule has 0 unspecified atom stereocenters. The zero-order valence-electron chi connectivity index (χ0n) is 6.58. The van der Waals surface area contributed by atoms with Gasteiger partial charge in [-0.25, -0.2) is 0 Å². The normalized spacial score (nSPS) is 9.27. The first-order chi connectivity index (χ1) is 5.41. The average molecular weight is 148 g/mol. The molecule has 0 heterocycles. The van der Waals surface area contributed by atoms with Crippen LogP contribution in [0.25, 0.3) is 0 Å². The number of hydrogen-bond acceptors (Lipinski definition) is 2. The molecule has 0 bridgehead atoms. The highest BCUT2D eigenvalue weighted by atomic mass is 14.2. The molecule has 2 heteroatoms. The standard InChI is InChI=1S/C9H12N2/c10-8-6-4-2-1-3-5-7-9-11/h4,6H,1-3,5,7H2. The molecule has 0 spiro atoms. The van der Waals surface area contributed by atoms with Gasteiger partial charge >= 0.3 is 0 Å². The second-order valence-electron chi connectivity index (χ2n) is 2.29. The predicted octanol–water partition coefficient (Wildman–Crippen LogP) is 2.54. The van der Waals surface area contributed by atoms with Gasteiger partial charge in [-0.15, -0.1) is 0 Å². The van der Waals surface area contributed by atoms with Gasteiger partial charge in [0, 0.05) is 12.5 Å². The van der Waals surface area contributed by atoms with E-state index in [0.29, 0.717) is 6.42 Å². The number of hydrogen-bond donors (Lipinski definition) is 0. The van der Waals surface area contributed by atoms with Crippen LogP contribution < -0.4 is 0 Å². The molecule has 0 rings (SSSR count). The van der Waals surface area contributed by atoms with Gasteiger partial charge in [-0.1, -0.05) is 12.5 Å². The van der Waals surface area contributed by atoms with Gasteiger partial charge in [-0.05, 0) is 19.3 Å². The van der Waals surface area contributed by atoms with E-state index in [2.05, 4.69) is 6.07 Å². The summed E-state index contributed by atoms with van der Waals surface area (Å²) in [6, 6.07) is 4.04. The third-order valence-corrected chi connectivity index (χ3v) is 1.35. The Bertz CT molecular complexity index is 181. The van der Waals surface area contributed by atoms with E-state index in [-0.39, 0.29) is 0 Å². The van der Waals surface area contributed by atoms with Gasteiger partial charge in [0.2, 0.25) is 0 Å². The number of unbranched alkanes of at least 4 members (excludes halogenated alkanes) is 4.